The van der Waals surface area contributed by atoms with E-state index in [1.54, 1.807) is 5.57 Å². The van der Waals surface area contributed by atoms with Crippen molar-refractivity contribution in [2.45, 2.75) is 137 Å². The summed E-state index contributed by atoms with van der Waals surface area (Å²) in [6.07, 6.45) is 17.0. The van der Waals surface area contributed by atoms with Gasteiger partial charge < -0.3 is 9.84 Å². The second-order valence-corrected chi connectivity index (χ2v) is 19.5. The third-order valence-electron chi connectivity index (χ3n) is 16.2. The van der Waals surface area contributed by atoms with Crippen LogP contribution in [0.25, 0.3) is 0 Å². The van der Waals surface area contributed by atoms with Gasteiger partial charge in [0, 0.05) is 36.7 Å². The van der Waals surface area contributed by atoms with E-state index in [-0.39, 0.29) is 38.5 Å². The fourth-order valence-corrected chi connectivity index (χ4v) is 13.3. The summed E-state index contributed by atoms with van der Waals surface area (Å²) >= 11 is 0. The fourth-order valence-electron chi connectivity index (χ4n) is 13.3. The third kappa shape index (κ3) is 4.71. The van der Waals surface area contributed by atoms with E-state index in [9.17, 15) is 4.79 Å². The maximum Gasteiger partial charge on any atom is 0.227 e. The third-order valence-corrected chi connectivity index (χ3v) is 16.2. The molecule has 1 N–H and O–H groups in total. The summed E-state index contributed by atoms with van der Waals surface area (Å²) in [5.74, 6) is 3.05. The Balaban J connectivity index is 1.06. The first kappa shape index (κ1) is 32.8. The number of rotatable bonds is 4. The van der Waals surface area contributed by atoms with Crippen molar-refractivity contribution >= 4 is 5.91 Å². The lowest BCUT2D eigenvalue weighted by atomic mass is 9.33. The van der Waals surface area contributed by atoms with Gasteiger partial charge in [-0.2, -0.15) is 0 Å². The number of piperidine rings is 1. The molecule has 1 aromatic carbocycles. The van der Waals surface area contributed by atoms with E-state index in [2.05, 4.69) is 100 Å². The number of hydrogen-bond donors (Lipinski definition) is 1. The molecule has 4 fully saturated rings. The molecule has 5 heteroatoms. The molecule has 2 aromatic rings. The van der Waals surface area contributed by atoms with Gasteiger partial charge in [0.2, 0.25) is 5.91 Å². The van der Waals surface area contributed by atoms with Gasteiger partial charge in [0.05, 0.1) is 11.6 Å². The van der Waals surface area contributed by atoms with Gasteiger partial charge in [-0.05, 0) is 116 Å². The predicted octanol–water partition coefficient (Wildman–Crippen LogP) is 9.27. The van der Waals surface area contributed by atoms with Crippen LogP contribution in [-0.4, -0.2) is 35.1 Å². The highest BCUT2D eigenvalue weighted by Gasteiger charge is 2.69. The molecule has 3 saturated carbocycles. The van der Waals surface area contributed by atoms with E-state index < -0.39 is 0 Å². The summed E-state index contributed by atoms with van der Waals surface area (Å²) in [4.78, 5) is 17.3. The molecular weight excluding hydrogens is 590 g/mol. The quantitative estimate of drug-likeness (QED) is 0.335. The van der Waals surface area contributed by atoms with Crippen LogP contribution in [0.2, 0.25) is 0 Å². The number of nitrogens with zero attached hydrogens (tertiary/aromatic N) is 2. The summed E-state index contributed by atoms with van der Waals surface area (Å²) < 4.78 is 5.93. The minimum Gasteiger partial charge on any atom is -0.361 e. The van der Waals surface area contributed by atoms with Crippen LogP contribution in [0.4, 0.5) is 0 Å². The molecule has 1 saturated heterocycles. The van der Waals surface area contributed by atoms with Gasteiger partial charge in [-0.3, -0.25) is 9.69 Å². The predicted molar refractivity (Wildman–Crippen MR) is 192 cm³/mol. The van der Waals surface area contributed by atoms with Crippen LogP contribution in [0.5, 0.6) is 0 Å². The molecular formula is C43H61N3O2. The van der Waals surface area contributed by atoms with E-state index in [1.807, 2.05) is 6.20 Å². The average Bonchev–Trinajstić information content (AvgIpc) is 3.51. The number of carbonyl (C=O) groups excluding carboxylic acids is 1. The minimum absolute atomic E-state index is 0.00401. The van der Waals surface area contributed by atoms with Gasteiger partial charge >= 0.3 is 0 Å². The number of allylic oxidation sites excluding steroid dienone is 2. The second kappa shape index (κ2) is 11.0. The highest BCUT2D eigenvalue weighted by Crippen LogP contribution is 2.75. The smallest absolute Gasteiger partial charge is 0.227 e. The number of aromatic nitrogens is 1. The lowest BCUT2D eigenvalue weighted by Gasteiger charge is -2.70. The zero-order valence-electron chi connectivity index (χ0n) is 31.0. The van der Waals surface area contributed by atoms with Crippen molar-refractivity contribution in [2.24, 2.45) is 44.8 Å². The number of benzene rings is 1. The van der Waals surface area contributed by atoms with Crippen LogP contribution >= 0.6 is 0 Å². The lowest BCUT2D eigenvalue weighted by Crippen LogP contribution is -2.65. The first-order valence-electron chi connectivity index (χ1n) is 19.4. The number of fused-ring (bicyclic) bond motifs is 8. The molecule has 1 aromatic heterocycles. The largest absolute Gasteiger partial charge is 0.361 e. The molecule has 1 aliphatic heterocycles. The normalized spacial score (nSPS) is 40.3. The molecule has 8 rings (SSSR count). The van der Waals surface area contributed by atoms with Crippen LogP contribution in [0.3, 0.4) is 0 Å². The van der Waals surface area contributed by atoms with Crippen LogP contribution in [0.1, 0.15) is 130 Å². The SMILES string of the molecule is CC1(C)CC[C@]2(C(=O)NC3CCN(Cc4ccccc4)CC3)CC[C@]3(C)C(=CC[C@@H]4[C@@]5(C)Cc6cnoc6C(C)(C)[C@@H]5CC[C@]43C)[C@@H]2C1. The molecule has 0 spiro atoms. The molecule has 260 valence electrons. The molecule has 7 atom stereocenters. The standard InChI is InChI=1S/C43H61N3O2/c1-38(2)19-21-43(37(47)45-31-16-23-46(24-17-31)28-29-11-9-8-10-12-29)22-20-41(6)32(33(43)26-38)13-14-35-40(5)25-30-27-44-48-36(30)39(3,4)34(40)15-18-42(35,41)7/h8-13,27,31,33-35H,14-26,28H2,1-7H3,(H,45,47)/t33-,34-,35+,40-,41+,42+,43-/m0/s1. The van der Waals surface area contributed by atoms with Gasteiger partial charge in [-0.1, -0.05) is 95.6 Å². The molecule has 0 unspecified atom stereocenters. The number of amides is 1. The van der Waals surface area contributed by atoms with Crippen LogP contribution in [0.15, 0.2) is 52.7 Å². The van der Waals surface area contributed by atoms with Crippen LogP contribution in [0, 0.1) is 44.8 Å². The topological polar surface area (TPSA) is 58.4 Å². The maximum atomic E-state index is 14.8. The zero-order chi connectivity index (χ0) is 33.7. The number of likely N-dealkylation sites (tertiary alicyclic amines) is 1. The molecule has 48 heavy (non-hydrogen) atoms. The summed E-state index contributed by atoms with van der Waals surface area (Å²) in [6.45, 7) is 20.8. The van der Waals surface area contributed by atoms with Crippen molar-refractivity contribution in [3.63, 3.8) is 0 Å². The van der Waals surface area contributed by atoms with Gasteiger partial charge in [0.15, 0.2) is 0 Å². The fraction of sp³-hybridized carbons (Fsp3) is 0.721. The average molecular weight is 652 g/mol. The number of carbonyl (C=O) groups is 1. The van der Waals surface area contributed by atoms with E-state index in [0.29, 0.717) is 23.7 Å². The Kier molecular flexibility index (Phi) is 7.55. The minimum atomic E-state index is -0.267. The number of hydrogen-bond acceptors (Lipinski definition) is 4. The molecule has 5 nitrogen and oxygen atoms in total. The van der Waals surface area contributed by atoms with E-state index in [4.69, 9.17) is 4.52 Å². The summed E-state index contributed by atoms with van der Waals surface area (Å²) in [5.41, 5.74) is 4.90. The van der Waals surface area contributed by atoms with Crippen molar-refractivity contribution in [3.05, 3.63) is 65.1 Å². The van der Waals surface area contributed by atoms with Gasteiger partial charge in [-0.25, -0.2) is 0 Å². The van der Waals surface area contributed by atoms with Crippen molar-refractivity contribution in [3.8, 4) is 0 Å². The lowest BCUT2D eigenvalue weighted by molar-refractivity contribution is -0.169. The van der Waals surface area contributed by atoms with E-state index in [0.717, 1.165) is 83.2 Å². The Morgan fingerprint density at radius 2 is 1.65 bits per heavy atom. The van der Waals surface area contributed by atoms with Crippen LogP contribution < -0.4 is 5.32 Å². The molecule has 2 heterocycles. The maximum absolute atomic E-state index is 14.8. The monoisotopic (exact) mass is 651 g/mol. The molecule has 1 amide bonds. The molecule has 5 aliphatic carbocycles. The van der Waals surface area contributed by atoms with Crippen LogP contribution in [-0.2, 0) is 23.2 Å². The summed E-state index contributed by atoms with van der Waals surface area (Å²) in [5, 5.41) is 8.02. The summed E-state index contributed by atoms with van der Waals surface area (Å²) in [7, 11) is 0. The first-order valence-corrected chi connectivity index (χ1v) is 19.4. The van der Waals surface area contributed by atoms with Crippen molar-refractivity contribution in [2.75, 3.05) is 13.1 Å². The Morgan fingerprint density at radius 3 is 2.40 bits per heavy atom. The molecule has 0 bridgehead atoms. The Labute approximate surface area is 290 Å². The highest BCUT2D eigenvalue weighted by atomic mass is 16.5. The van der Waals surface area contributed by atoms with Crippen molar-refractivity contribution < 1.29 is 9.32 Å². The Bertz CT molecular complexity index is 1580. The van der Waals surface area contributed by atoms with Gasteiger partial charge in [0.25, 0.3) is 0 Å². The molecule has 0 radical (unpaired) electrons. The van der Waals surface area contributed by atoms with Crippen molar-refractivity contribution in [1.29, 1.82) is 0 Å². The van der Waals surface area contributed by atoms with E-state index >= 15 is 0 Å². The highest BCUT2D eigenvalue weighted by molar-refractivity contribution is 5.84. The second-order valence-electron chi connectivity index (χ2n) is 19.5. The molecule has 6 aliphatic rings. The van der Waals surface area contributed by atoms with Gasteiger partial charge in [0.1, 0.15) is 5.76 Å². The Hall–Kier alpha value is -2.40. The van der Waals surface area contributed by atoms with Gasteiger partial charge in [-0.15, -0.1) is 0 Å². The van der Waals surface area contributed by atoms with E-state index in [1.165, 1.54) is 24.0 Å². The summed E-state index contributed by atoms with van der Waals surface area (Å²) in [6, 6.07) is 11.1. The Morgan fingerprint density at radius 1 is 0.917 bits per heavy atom. The van der Waals surface area contributed by atoms with Crippen molar-refractivity contribution in [1.82, 2.24) is 15.4 Å². The number of nitrogens with one attached hydrogen (secondary N) is 1. The zero-order valence-corrected chi connectivity index (χ0v) is 31.0. The first-order chi connectivity index (χ1) is 22.7.